The molecule has 0 unspecified atom stereocenters. The van der Waals surface area contributed by atoms with Crippen molar-refractivity contribution in [3.05, 3.63) is 41.5 Å². The number of carbonyl (C=O) groups is 1. The molecule has 0 aliphatic carbocycles. The molecule has 0 bridgehead atoms. The van der Waals surface area contributed by atoms with Gasteiger partial charge in [0.25, 0.3) is 5.91 Å². The number of hydrogen-bond acceptors (Lipinski definition) is 2. The molecule has 1 rings (SSSR count). The molecule has 0 aromatic heterocycles. The van der Waals surface area contributed by atoms with Crippen LogP contribution in [0.5, 0.6) is 0 Å². The van der Waals surface area contributed by atoms with Gasteiger partial charge in [0.1, 0.15) is 0 Å². The highest BCUT2D eigenvalue weighted by molar-refractivity contribution is 6.14. The van der Waals surface area contributed by atoms with Crippen LogP contribution in [0.2, 0.25) is 0 Å². The average molecular weight is 202 g/mol. The summed E-state index contributed by atoms with van der Waals surface area (Å²) in [5.74, 6) is -0.392. The largest absolute Gasteiger partial charge is 0.352 e. The van der Waals surface area contributed by atoms with Crippen LogP contribution in [0.25, 0.3) is 6.08 Å². The maximum Gasteiger partial charge on any atom is 0.255 e. The Labute approximate surface area is 88.8 Å². The third-order valence-electron chi connectivity index (χ3n) is 1.80. The summed E-state index contributed by atoms with van der Waals surface area (Å²) in [6.45, 7) is 2.29. The Balaban J connectivity index is 2.87. The lowest BCUT2D eigenvalue weighted by Gasteiger charge is -2.00. The van der Waals surface area contributed by atoms with Gasteiger partial charge in [0.15, 0.2) is 0 Å². The number of amides is 1. The highest BCUT2D eigenvalue weighted by Gasteiger charge is 2.07. The summed E-state index contributed by atoms with van der Waals surface area (Å²) < 4.78 is 0. The van der Waals surface area contributed by atoms with E-state index in [9.17, 15) is 9.59 Å². The van der Waals surface area contributed by atoms with Crippen LogP contribution >= 0.6 is 0 Å². The molecule has 1 radical (unpaired) electrons. The zero-order chi connectivity index (χ0) is 11.1. The Morgan fingerprint density at radius 2 is 2.07 bits per heavy atom. The second-order valence-corrected chi connectivity index (χ2v) is 2.93. The summed E-state index contributed by atoms with van der Waals surface area (Å²) in [4.78, 5) is 21.9. The molecule has 0 aliphatic rings. The third kappa shape index (κ3) is 3.38. The van der Waals surface area contributed by atoms with E-state index in [1.54, 1.807) is 13.2 Å². The fourth-order valence-corrected chi connectivity index (χ4v) is 1.11. The minimum Gasteiger partial charge on any atom is -0.352 e. The van der Waals surface area contributed by atoms with Crippen molar-refractivity contribution in [3.63, 3.8) is 0 Å². The zero-order valence-corrected chi connectivity index (χ0v) is 8.49. The fourth-order valence-electron chi connectivity index (χ4n) is 1.11. The summed E-state index contributed by atoms with van der Waals surface area (Å²) in [5.41, 5.74) is 0.824. The standard InChI is InChI=1S/C12H12NO2/c1-2-13-12(15)11(9-14)8-10-6-4-3-5-7-10/h3-8H,2H2,1H3,(H,13,15). The molecule has 15 heavy (non-hydrogen) atoms. The number of hydrogen-bond donors (Lipinski definition) is 1. The SMILES string of the molecule is CCNC(=O)C([C]=O)=Cc1ccccc1. The van der Waals surface area contributed by atoms with Gasteiger partial charge in [-0.25, -0.2) is 0 Å². The Morgan fingerprint density at radius 1 is 1.40 bits per heavy atom. The van der Waals surface area contributed by atoms with E-state index in [1.807, 2.05) is 30.3 Å². The summed E-state index contributed by atoms with van der Waals surface area (Å²) >= 11 is 0. The molecule has 0 spiro atoms. The lowest BCUT2D eigenvalue weighted by Crippen LogP contribution is -2.24. The van der Waals surface area contributed by atoms with Crippen molar-refractivity contribution in [1.82, 2.24) is 5.32 Å². The first-order chi connectivity index (χ1) is 7.27. The van der Waals surface area contributed by atoms with Gasteiger partial charge in [-0.1, -0.05) is 30.3 Å². The maximum absolute atomic E-state index is 11.3. The molecule has 3 heteroatoms. The van der Waals surface area contributed by atoms with E-state index in [4.69, 9.17) is 0 Å². The molecule has 0 saturated heterocycles. The van der Waals surface area contributed by atoms with Crippen molar-refractivity contribution in [3.8, 4) is 0 Å². The highest BCUT2D eigenvalue weighted by atomic mass is 16.2. The first-order valence-corrected chi connectivity index (χ1v) is 4.71. The summed E-state index contributed by atoms with van der Waals surface area (Å²) in [6, 6.07) is 9.18. The van der Waals surface area contributed by atoms with E-state index >= 15 is 0 Å². The number of carbonyl (C=O) groups excluding carboxylic acids is 2. The van der Waals surface area contributed by atoms with Gasteiger partial charge in [-0.05, 0) is 18.6 Å². The molecule has 0 fully saturated rings. The molecule has 1 aromatic rings. The normalized spacial score (nSPS) is 10.9. The molecular weight excluding hydrogens is 190 g/mol. The van der Waals surface area contributed by atoms with Gasteiger partial charge in [-0.2, -0.15) is 0 Å². The van der Waals surface area contributed by atoms with E-state index in [2.05, 4.69) is 5.32 Å². The number of nitrogens with one attached hydrogen (secondary N) is 1. The van der Waals surface area contributed by atoms with Crippen molar-refractivity contribution in [2.45, 2.75) is 6.92 Å². The van der Waals surface area contributed by atoms with Crippen LogP contribution in [-0.2, 0) is 9.59 Å². The second-order valence-electron chi connectivity index (χ2n) is 2.93. The predicted molar refractivity (Wildman–Crippen MR) is 58.8 cm³/mol. The summed E-state index contributed by atoms with van der Waals surface area (Å²) in [6.07, 6.45) is 3.15. The molecule has 1 amide bonds. The summed E-state index contributed by atoms with van der Waals surface area (Å²) in [7, 11) is 0. The quantitative estimate of drug-likeness (QED) is 0.454. The van der Waals surface area contributed by atoms with Crippen LogP contribution in [-0.4, -0.2) is 18.7 Å². The van der Waals surface area contributed by atoms with Crippen LogP contribution in [0.3, 0.4) is 0 Å². The van der Waals surface area contributed by atoms with Gasteiger partial charge in [-0.15, -0.1) is 0 Å². The molecule has 1 N–H and O–H groups in total. The van der Waals surface area contributed by atoms with E-state index in [1.165, 1.54) is 6.08 Å². The molecule has 0 atom stereocenters. The van der Waals surface area contributed by atoms with Gasteiger partial charge in [0.05, 0.1) is 5.57 Å². The molecule has 3 nitrogen and oxygen atoms in total. The minimum absolute atomic E-state index is 0.0167. The Kier molecular flexibility index (Phi) is 4.29. The molecule has 0 aliphatic heterocycles. The van der Waals surface area contributed by atoms with Crippen molar-refractivity contribution < 1.29 is 9.59 Å². The molecule has 0 heterocycles. The zero-order valence-electron chi connectivity index (χ0n) is 8.49. The average Bonchev–Trinajstić information content (AvgIpc) is 2.27. The predicted octanol–water partition coefficient (Wildman–Crippen LogP) is 1.32. The minimum atomic E-state index is -0.392. The number of benzene rings is 1. The van der Waals surface area contributed by atoms with Crippen molar-refractivity contribution in [2.75, 3.05) is 6.54 Å². The Bertz CT molecular complexity index is 368. The van der Waals surface area contributed by atoms with E-state index < -0.39 is 5.91 Å². The van der Waals surface area contributed by atoms with Crippen LogP contribution in [0.4, 0.5) is 0 Å². The molecule has 1 aromatic carbocycles. The van der Waals surface area contributed by atoms with Gasteiger partial charge < -0.3 is 5.32 Å². The Morgan fingerprint density at radius 3 is 2.60 bits per heavy atom. The van der Waals surface area contributed by atoms with E-state index in [-0.39, 0.29) is 5.57 Å². The molecular formula is C12H12NO2. The van der Waals surface area contributed by atoms with Crippen molar-refractivity contribution in [1.29, 1.82) is 0 Å². The summed E-state index contributed by atoms with van der Waals surface area (Å²) in [5, 5.41) is 2.55. The van der Waals surface area contributed by atoms with Crippen LogP contribution in [0.1, 0.15) is 12.5 Å². The lowest BCUT2D eigenvalue weighted by molar-refractivity contribution is -0.116. The van der Waals surface area contributed by atoms with Gasteiger partial charge in [-0.3, -0.25) is 9.59 Å². The third-order valence-corrected chi connectivity index (χ3v) is 1.80. The maximum atomic E-state index is 11.3. The first-order valence-electron chi connectivity index (χ1n) is 4.71. The smallest absolute Gasteiger partial charge is 0.255 e. The van der Waals surface area contributed by atoms with Crippen molar-refractivity contribution >= 4 is 18.3 Å². The highest BCUT2D eigenvalue weighted by Crippen LogP contribution is 2.04. The topological polar surface area (TPSA) is 46.2 Å². The van der Waals surface area contributed by atoms with E-state index in [0.717, 1.165) is 5.56 Å². The molecule has 0 saturated carbocycles. The van der Waals surface area contributed by atoms with Crippen LogP contribution in [0, 0.1) is 0 Å². The van der Waals surface area contributed by atoms with Crippen LogP contribution < -0.4 is 5.32 Å². The van der Waals surface area contributed by atoms with E-state index in [0.29, 0.717) is 6.54 Å². The molecule has 77 valence electrons. The fraction of sp³-hybridized carbons (Fsp3) is 0.167. The van der Waals surface area contributed by atoms with Gasteiger partial charge >= 0.3 is 0 Å². The van der Waals surface area contributed by atoms with Gasteiger partial charge in [0.2, 0.25) is 6.29 Å². The monoisotopic (exact) mass is 202 g/mol. The lowest BCUT2D eigenvalue weighted by atomic mass is 10.1. The van der Waals surface area contributed by atoms with Crippen molar-refractivity contribution in [2.24, 2.45) is 0 Å². The number of likely N-dealkylation sites (N-methyl/N-ethyl adjacent to an activating group) is 1. The Hall–Kier alpha value is -1.90. The van der Waals surface area contributed by atoms with Gasteiger partial charge in [0, 0.05) is 6.54 Å². The number of rotatable bonds is 4. The second kappa shape index (κ2) is 5.75. The first kappa shape index (κ1) is 11.2. The van der Waals surface area contributed by atoms with Crippen LogP contribution in [0.15, 0.2) is 35.9 Å².